The summed E-state index contributed by atoms with van der Waals surface area (Å²) >= 11 is 0. The second-order valence-corrected chi connectivity index (χ2v) is 5.73. The minimum atomic E-state index is -0.586. The van der Waals surface area contributed by atoms with Gasteiger partial charge >= 0.3 is 11.6 Å². The predicted octanol–water partition coefficient (Wildman–Crippen LogP) is 2.93. The van der Waals surface area contributed by atoms with Gasteiger partial charge in [-0.25, -0.2) is 4.79 Å². The number of fused-ring (bicyclic) bond motifs is 2. The number of carbonyl (C=O) groups excluding carboxylic acids is 1. The molecule has 0 fully saturated rings. The van der Waals surface area contributed by atoms with Gasteiger partial charge in [0.1, 0.15) is 23.6 Å². The first-order chi connectivity index (χ1) is 12.6. The number of aromatic hydroxyl groups is 1. The molecule has 0 saturated carbocycles. The van der Waals surface area contributed by atoms with Gasteiger partial charge in [0.2, 0.25) is 0 Å². The Morgan fingerprint density at radius 1 is 1.08 bits per heavy atom. The van der Waals surface area contributed by atoms with E-state index in [1.54, 1.807) is 12.1 Å². The molecule has 0 aliphatic rings. The van der Waals surface area contributed by atoms with E-state index in [-0.39, 0.29) is 24.4 Å². The van der Waals surface area contributed by atoms with Gasteiger partial charge in [0, 0.05) is 28.5 Å². The largest absolute Gasteiger partial charge is 0.508 e. The third-order valence-electron chi connectivity index (χ3n) is 3.97. The van der Waals surface area contributed by atoms with E-state index in [4.69, 9.17) is 13.7 Å². The molecular formula is C19H13NO6. The molecule has 0 aliphatic carbocycles. The zero-order chi connectivity index (χ0) is 18.1. The first-order valence-corrected chi connectivity index (χ1v) is 7.85. The second-order valence-electron chi connectivity index (χ2n) is 5.73. The Balaban J connectivity index is 1.53. The predicted molar refractivity (Wildman–Crippen MR) is 91.7 cm³/mol. The van der Waals surface area contributed by atoms with Gasteiger partial charge in [-0.1, -0.05) is 17.3 Å². The van der Waals surface area contributed by atoms with E-state index >= 15 is 0 Å². The lowest BCUT2D eigenvalue weighted by Gasteiger charge is -2.07. The van der Waals surface area contributed by atoms with Crippen molar-refractivity contribution in [2.75, 3.05) is 0 Å². The molecule has 0 aliphatic heterocycles. The van der Waals surface area contributed by atoms with Crippen LogP contribution >= 0.6 is 0 Å². The number of esters is 1. The number of para-hydroxylation sites is 1. The molecule has 0 radical (unpaired) electrons. The van der Waals surface area contributed by atoms with Crippen LogP contribution in [0.15, 0.2) is 62.3 Å². The van der Waals surface area contributed by atoms with Crippen LogP contribution in [-0.2, 0) is 22.6 Å². The fourth-order valence-corrected chi connectivity index (χ4v) is 2.75. The van der Waals surface area contributed by atoms with Gasteiger partial charge < -0.3 is 18.8 Å². The number of benzene rings is 2. The molecular weight excluding hydrogens is 338 g/mol. The summed E-state index contributed by atoms with van der Waals surface area (Å²) in [5.41, 5.74) is 1.23. The minimum Gasteiger partial charge on any atom is -0.508 e. The number of phenolic OH excluding ortho intramolecular Hbond substituents is 1. The average Bonchev–Trinajstić information content (AvgIpc) is 3.02. The highest BCUT2D eigenvalue weighted by atomic mass is 16.5. The van der Waals surface area contributed by atoms with E-state index < -0.39 is 11.6 Å². The van der Waals surface area contributed by atoms with E-state index in [0.29, 0.717) is 22.2 Å². The topological polar surface area (TPSA) is 103 Å². The highest BCUT2D eigenvalue weighted by Gasteiger charge is 2.14. The number of hydrogen-bond donors (Lipinski definition) is 1. The van der Waals surface area contributed by atoms with Gasteiger partial charge in [0.05, 0.1) is 6.42 Å². The second kappa shape index (κ2) is 6.36. The summed E-state index contributed by atoms with van der Waals surface area (Å²) in [4.78, 5) is 23.8. The highest BCUT2D eigenvalue weighted by Crippen LogP contribution is 2.23. The molecule has 7 nitrogen and oxygen atoms in total. The smallest absolute Gasteiger partial charge is 0.336 e. The van der Waals surface area contributed by atoms with Crippen LogP contribution in [0, 0.1) is 0 Å². The van der Waals surface area contributed by atoms with Crippen molar-refractivity contribution in [3.05, 3.63) is 70.2 Å². The third kappa shape index (κ3) is 3.02. The molecule has 0 spiro atoms. The summed E-state index contributed by atoms with van der Waals surface area (Å²) in [6.45, 7) is -0.0957. The summed E-state index contributed by atoms with van der Waals surface area (Å²) in [7, 11) is 0. The van der Waals surface area contributed by atoms with Crippen LogP contribution in [0.5, 0.6) is 5.75 Å². The molecule has 0 saturated heterocycles. The molecule has 7 heteroatoms. The van der Waals surface area contributed by atoms with Crippen molar-refractivity contribution in [1.82, 2.24) is 5.16 Å². The molecule has 2 aromatic carbocycles. The number of hydrogen-bond acceptors (Lipinski definition) is 7. The maximum absolute atomic E-state index is 12.2. The van der Waals surface area contributed by atoms with Crippen molar-refractivity contribution in [1.29, 1.82) is 0 Å². The van der Waals surface area contributed by atoms with Crippen LogP contribution in [-0.4, -0.2) is 16.2 Å². The Labute approximate surface area is 146 Å². The summed E-state index contributed by atoms with van der Waals surface area (Å²) in [6, 6.07) is 12.9. The molecule has 26 heavy (non-hydrogen) atoms. The van der Waals surface area contributed by atoms with Gasteiger partial charge in [0.15, 0.2) is 5.58 Å². The molecule has 4 aromatic rings. The molecule has 2 aromatic heterocycles. The van der Waals surface area contributed by atoms with Crippen LogP contribution in [0.25, 0.3) is 21.9 Å². The number of rotatable bonds is 4. The van der Waals surface area contributed by atoms with E-state index in [9.17, 15) is 14.7 Å². The Kier molecular flexibility index (Phi) is 3.89. The third-order valence-corrected chi connectivity index (χ3v) is 3.97. The molecule has 130 valence electrons. The summed E-state index contributed by atoms with van der Waals surface area (Å²) < 4.78 is 15.5. The monoisotopic (exact) mass is 351 g/mol. The quantitative estimate of drug-likeness (QED) is 0.445. The average molecular weight is 351 g/mol. The van der Waals surface area contributed by atoms with Crippen LogP contribution in [0.2, 0.25) is 0 Å². The summed E-state index contributed by atoms with van der Waals surface area (Å²) in [6.07, 6.45) is -0.0445. The molecule has 1 N–H and O–H groups in total. The van der Waals surface area contributed by atoms with Gasteiger partial charge in [0.25, 0.3) is 0 Å². The van der Waals surface area contributed by atoms with Gasteiger partial charge in [-0.15, -0.1) is 0 Å². The normalized spacial score (nSPS) is 11.1. The molecule has 0 amide bonds. The van der Waals surface area contributed by atoms with E-state index in [0.717, 1.165) is 5.39 Å². The molecule has 0 unspecified atom stereocenters. The van der Waals surface area contributed by atoms with Crippen LogP contribution in [0.1, 0.15) is 11.3 Å². The van der Waals surface area contributed by atoms with E-state index in [1.807, 2.05) is 18.2 Å². The number of carbonyl (C=O) groups is 1. The molecule has 2 heterocycles. The van der Waals surface area contributed by atoms with Gasteiger partial charge in [-0.2, -0.15) is 0 Å². The highest BCUT2D eigenvalue weighted by molar-refractivity contribution is 5.84. The summed E-state index contributed by atoms with van der Waals surface area (Å²) in [5, 5.41) is 14.7. The van der Waals surface area contributed by atoms with Crippen molar-refractivity contribution < 1.29 is 23.6 Å². The number of ether oxygens (including phenoxy) is 1. The Hall–Kier alpha value is -3.61. The van der Waals surface area contributed by atoms with Crippen LogP contribution in [0.4, 0.5) is 0 Å². The lowest BCUT2D eigenvalue weighted by molar-refractivity contribution is -0.144. The van der Waals surface area contributed by atoms with E-state index in [2.05, 4.69) is 5.16 Å². The zero-order valence-corrected chi connectivity index (χ0v) is 13.5. The maximum Gasteiger partial charge on any atom is 0.336 e. The van der Waals surface area contributed by atoms with Gasteiger partial charge in [-0.05, 0) is 24.3 Å². The van der Waals surface area contributed by atoms with Crippen molar-refractivity contribution in [3.8, 4) is 5.75 Å². The first kappa shape index (κ1) is 15.9. The van der Waals surface area contributed by atoms with Gasteiger partial charge in [-0.3, -0.25) is 4.79 Å². The first-order valence-electron chi connectivity index (χ1n) is 7.85. The van der Waals surface area contributed by atoms with Crippen molar-refractivity contribution in [3.63, 3.8) is 0 Å². The number of aromatic nitrogens is 1. The van der Waals surface area contributed by atoms with Crippen molar-refractivity contribution in [2.24, 2.45) is 0 Å². The Bertz CT molecular complexity index is 1170. The Morgan fingerprint density at radius 3 is 2.81 bits per heavy atom. The lowest BCUT2D eigenvalue weighted by Crippen LogP contribution is -2.10. The minimum absolute atomic E-state index is 0.0206. The number of nitrogens with zero attached hydrogens (tertiary/aromatic N) is 1. The Morgan fingerprint density at radius 2 is 1.92 bits per heavy atom. The standard InChI is InChI=1S/C19H13NO6/c21-12-5-6-13-11(7-19(23)25-17(13)8-12)10-24-18(22)9-15-14-3-1-2-4-16(14)26-20-15/h1-8,21H,9-10H2. The fraction of sp³-hybridized carbons (Fsp3) is 0.105. The molecule has 0 atom stereocenters. The molecule has 0 bridgehead atoms. The van der Waals surface area contributed by atoms with Crippen molar-refractivity contribution >= 4 is 27.9 Å². The zero-order valence-electron chi connectivity index (χ0n) is 13.5. The summed E-state index contributed by atoms with van der Waals surface area (Å²) in [5.74, 6) is -0.517. The molecule has 4 rings (SSSR count). The SMILES string of the molecule is O=C(Cc1noc2ccccc12)OCc1cc(=O)oc2cc(O)ccc12. The maximum atomic E-state index is 12.2. The van der Waals surface area contributed by atoms with Crippen LogP contribution in [0.3, 0.4) is 0 Å². The van der Waals surface area contributed by atoms with Crippen LogP contribution < -0.4 is 5.63 Å². The lowest BCUT2D eigenvalue weighted by atomic mass is 10.1. The number of phenols is 1. The van der Waals surface area contributed by atoms with Crippen molar-refractivity contribution in [2.45, 2.75) is 13.0 Å². The van der Waals surface area contributed by atoms with E-state index in [1.165, 1.54) is 18.2 Å². The fourth-order valence-electron chi connectivity index (χ4n) is 2.75.